The standard InChI is InChI=1S/C31H43N3O6/c1-7-8-16-32-28(37)26(23-11-9-10-19(2)27(23)36)34(25-17-20(25)3)29(38)24(33-30(39)40-31(4,5)6)18-21-12-14-22(35)15-13-21/h9-15,20,24-26,35-36H,7-8,16-18H2,1-6H3,(H,32,37)(H,33,39). The summed E-state index contributed by atoms with van der Waals surface area (Å²) in [4.78, 5) is 42.6. The van der Waals surface area contributed by atoms with E-state index in [1.165, 1.54) is 17.0 Å². The third-order valence-corrected chi connectivity index (χ3v) is 6.96. The number of rotatable bonds is 11. The van der Waals surface area contributed by atoms with Gasteiger partial charge in [-0.05, 0) is 69.7 Å². The van der Waals surface area contributed by atoms with Gasteiger partial charge in [-0.3, -0.25) is 9.59 Å². The van der Waals surface area contributed by atoms with E-state index in [1.807, 2.05) is 13.8 Å². The molecule has 0 aliphatic heterocycles. The molecule has 0 bridgehead atoms. The summed E-state index contributed by atoms with van der Waals surface area (Å²) >= 11 is 0. The number of nitrogens with zero attached hydrogens (tertiary/aromatic N) is 1. The summed E-state index contributed by atoms with van der Waals surface area (Å²) in [5.74, 6) is -0.664. The van der Waals surface area contributed by atoms with E-state index in [-0.39, 0.29) is 35.8 Å². The van der Waals surface area contributed by atoms with Crippen molar-refractivity contribution in [2.75, 3.05) is 6.54 Å². The number of phenolic OH excluding ortho intramolecular Hbond substituents is 2. The highest BCUT2D eigenvalue weighted by molar-refractivity contribution is 5.93. The first-order valence-electron chi connectivity index (χ1n) is 14.0. The van der Waals surface area contributed by atoms with E-state index >= 15 is 0 Å². The van der Waals surface area contributed by atoms with Crippen molar-refractivity contribution in [1.29, 1.82) is 0 Å². The van der Waals surface area contributed by atoms with Crippen molar-refractivity contribution >= 4 is 17.9 Å². The van der Waals surface area contributed by atoms with Crippen LogP contribution < -0.4 is 10.6 Å². The number of aromatic hydroxyl groups is 2. The summed E-state index contributed by atoms with van der Waals surface area (Å²) in [5.41, 5.74) is 0.851. The molecule has 1 saturated carbocycles. The van der Waals surface area contributed by atoms with Crippen LogP contribution in [0.1, 0.15) is 76.6 Å². The monoisotopic (exact) mass is 553 g/mol. The second kappa shape index (κ2) is 13.1. The molecule has 1 aliphatic rings. The Morgan fingerprint density at radius 2 is 1.75 bits per heavy atom. The molecule has 4 N–H and O–H groups in total. The Kier molecular flexibility index (Phi) is 10.1. The van der Waals surface area contributed by atoms with Crippen LogP contribution in [0, 0.1) is 12.8 Å². The third-order valence-electron chi connectivity index (χ3n) is 6.96. The minimum atomic E-state index is -1.10. The lowest BCUT2D eigenvalue weighted by Gasteiger charge is -2.35. The van der Waals surface area contributed by atoms with E-state index in [4.69, 9.17) is 4.74 Å². The number of ether oxygens (including phenoxy) is 1. The summed E-state index contributed by atoms with van der Waals surface area (Å²) in [6, 6.07) is 9.13. The maximum Gasteiger partial charge on any atom is 0.408 e. The molecule has 0 heterocycles. The van der Waals surface area contributed by atoms with Gasteiger partial charge >= 0.3 is 6.09 Å². The number of phenols is 2. The highest BCUT2D eigenvalue weighted by atomic mass is 16.6. The van der Waals surface area contributed by atoms with Gasteiger partial charge in [-0.1, -0.05) is 50.6 Å². The normalized spacial score (nSPS) is 17.9. The van der Waals surface area contributed by atoms with Crippen molar-refractivity contribution in [2.45, 2.75) is 91.0 Å². The lowest BCUT2D eigenvalue weighted by atomic mass is 9.97. The Hall–Kier alpha value is -3.75. The van der Waals surface area contributed by atoms with E-state index in [1.54, 1.807) is 58.0 Å². The lowest BCUT2D eigenvalue weighted by molar-refractivity contribution is -0.143. The zero-order valence-electron chi connectivity index (χ0n) is 24.4. The molecule has 218 valence electrons. The average Bonchev–Trinajstić information content (AvgIpc) is 3.59. The van der Waals surface area contributed by atoms with Gasteiger partial charge in [-0.15, -0.1) is 0 Å². The Balaban J connectivity index is 2.06. The number of hydrogen-bond donors (Lipinski definition) is 4. The van der Waals surface area contributed by atoms with Crippen LogP contribution in [-0.4, -0.2) is 57.3 Å². The van der Waals surface area contributed by atoms with Gasteiger partial charge in [0.2, 0.25) is 11.8 Å². The fourth-order valence-corrected chi connectivity index (χ4v) is 4.67. The number of nitrogens with one attached hydrogen (secondary N) is 2. The fraction of sp³-hybridized carbons (Fsp3) is 0.516. The Labute approximate surface area is 236 Å². The molecule has 3 amide bonds. The molecule has 2 aromatic carbocycles. The summed E-state index contributed by atoms with van der Waals surface area (Å²) in [7, 11) is 0. The SMILES string of the molecule is CCCCNC(=O)C(c1cccc(C)c1O)N(C(=O)C(Cc1ccc(O)cc1)NC(=O)OC(C)(C)C)C1CC1C. The van der Waals surface area contributed by atoms with Gasteiger partial charge in [0.15, 0.2) is 0 Å². The third kappa shape index (κ3) is 8.13. The number of carbonyl (C=O) groups excluding carboxylic acids is 3. The van der Waals surface area contributed by atoms with Crippen molar-refractivity contribution in [3.8, 4) is 11.5 Å². The van der Waals surface area contributed by atoms with Gasteiger partial charge in [0.1, 0.15) is 29.2 Å². The molecule has 1 aliphatic carbocycles. The van der Waals surface area contributed by atoms with Crippen LogP contribution in [0.3, 0.4) is 0 Å². The smallest absolute Gasteiger partial charge is 0.408 e. The van der Waals surface area contributed by atoms with Crippen LogP contribution in [0.2, 0.25) is 0 Å². The number of unbranched alkanes of at least 4 members (excludes halogenated alkanes) is 1. The molecule has 2 aromatic rings. The van der Waals surface area contributed by atoms with Gasteiger partial charge in [-0.25, -0.2) is 4.79 Å². The summed E-state index contributed by atoms with van der Waals surface area (Å²) in [6.45, 7) is 11.4. The van der Waals surface area contributed by atoms with Crippen LogP contribution in [0.25, 0.3) is 0 Å². The van der Waals surface area contributed by atoms with Gasteiger partial charge < -0.3 is 30.5 Å². The van der Waals surface area contributed by atoms with Gasteiger partial charge in [-0.2, -0.15) is 0 Å². The zero-order valence-corrected chi connectivity index (χ0v) is 24.4. The van der Waals surface area contributed by atoms with Crippen molar-refractivity contribution in [3.63, 3.8) is 0 Å². The second-order valence-electron chi connectivity index (χ2n) is 11.7. The van der Waals surface area contributed by atoms with Gasteiger partial charge in [0, 0.05) is 24.6 Å². The summed E-state index contributed by atoms with van der Waals surface area (Å²) < 4.78 is 5.46. The number of aryl methyl sites for hydroxylation is 1. The number of para-hydroxylation sites is 1. The Morgan fingerprint density at radius 1 is 1.10 bits per heavy atom. The molecule has 0 radical (unpaired) electrons. The topological polar surface area (TPSA) is 128 Å². The van der Waals surface area contributed by atoms with Crippen molar-refractivity contribution < 1.29 is 29.3 Å². The molecular formula is C31H43N3O6. The quantitative estimate of drug-likeness (QED) is 0.298. The van der Waals surface area contributed by atoms with E-state index in [2.05, 4.69) is 10.6 Å². The first-order chi connectivity index (χ1) is 18.8. The molecule has 4 unspecified atom stereocenters. The highest BCUT2D eigenvalue weighted by Crippen LogP contribution is 2.43. The van der Waals surface area contributed by atoms with E-state index in [0.717, 1.165) is 12.8 Å². The molecule has 3 rings (SSSR count). The summed E-state index contributed by atoms with van der Waals surface area (Å²) in [6.07, 6.45) is 1.71. The number of benzene rings is 2. The van der Waals surface area contributed by atoms with E-state index in [9.17, 15) is 24.6 Å². The first kappa shape index (κ1) is 30.8. The van der Waals surface area contributed by atoms with Crippen molar-refractivity contribution in [2.24, 2.45) is 5.92 Å². The fourth-order valence-electron chi connectivity index (χ4n) is 4.67. The molecule has 1 fully saturated rings. The Bertz CT molecular complexity index is 1190. The van der Waals surface area contributed by atoms with Crippen LogP contribution in [0.5, 0.6) is 11.5 Å². The number of alkyl carbamates (subject to hydrolysis) is 1. The molecule has 4 atom stereocenters. The molecular weight excluding hydrogens is 510 g/mol. The van der Waals surface area contributed by atoms with Gasteiger partial charge in [0.25, 0.3) is 0 Å². The van der Waals surface area contributed by atoms with Crippen LogP contribution in [0.15, 0.2) is 42.5 Å². The molecule has 40 heavy (non-hydrogen) atoms. The number of amides is 3. The molecule has 9 nitrogen and oxygen atoms in total. The predicted octanol–water partition coefficient (Wildman–Crippen LogP) is 4.74. The van der Waals surface area contributed by atoms with E-state index < -0.39 is 29.7 Å². The number of carbonyl (C=O) groups is 3. The predicted molar refractivity (Wildman–Crippen MR) is 153 cm³/mol. The van der Waals surface area contributed by atoms with E-state index in [0.29, 0.717) is 29.7 Å². The van der Waals surface area contributed by atoms with Crippen LogP contribution in [-0.2, 0) is 20.7 Å². The van der Waals surface area contributed by atoms with Gasteiger partial charge in [0.05, 0.1) is 0 Å². The maximum atomic E-state index is 14.4. The molecule has 0 saturated heterocycles. The molecule has 0 aromatic heterocycles. The molecule has 9 heteroatoms. The lowest BCUT2D eigenvalue weighted by Crippen LogP contribution is -2.54. The minimum Gasteiger partial charge on any atom is -0.508 e. The van der Waals surface area contributed by atoms with Crippen LogP contribution >= 0.6 is 0 Å². The average molecular weight is 554 g/mol. The summed E-state index contributed by atoms with van der Waals surface area (Å²) in [5, 5.41) is 26.4. The largest absolute Gasteiger partial charge is 0.508 e. The molecule has 0 spiro atoms. The zero-order chi connectivity index (χ0) is 29.6. The second-order valence-corrected chi connectivity index (χ2v) is 11.7. The maximum absolute atomic E-state index is 14.4. The minimum absolute atomic E-state index is 0.0422. The Morgan fingerprint density at radius 3 is 2.33 bits per heavy atom. The van der Waals surface area contributed by atoms with Crippen molar-refractivity contribution in [1.82, 2.24) is 15.5 Å². The highest BCUT2D eigenvalue weighted by Gasteiger charge is 2.48. The number of hydrogen-bond acceptors (Lipinski definition) is 6. The van der Waals surface area contributed by atoms with Crippen molar-refractivity contribution in [3.05, 3.63) is 59.2 Å². The first-order valence-corrected chi connectivity index (χ1v) is 14.0. The van der Waals surface area contributed by atoms with Crippen LogP contribution in [0.4, 0.5) is 4.79 Å².